The van der Waals surface area contributed by atoms with E-state index in [1.165, 1.54) is 16.3 Å². The molecule has 1 heterocycles. The second kappa shape index (κ2) is 6.12. The molecule has 0 aliphatic carbocycles. The second-order valence-electron chi connectivity index (χ2n) is 6.42. The van der Waals surface area contributed by atoms with Crippen LogP contribution >= 0.6 is 0 Å². The molecule has 1 fully saturated rings. The standard InChI is InChI=1S/C22H20O2/c1-2-19-20(16-9-4-3-5-10-16)21(24-22(19)23)18-13-12-15-8-6-7-11-17(15)14-18/h3-14,19-21H,2H2,1H3/t19?,20-,21+/m0/s1. The molecule has 1 aliphatic rings. The molecular weight excluding hydrogens is 296 g/mol. The summed E-state index contributed by atoms with van der Waals surface area (Å²) >= 11 is 0. The maximum atomic E-state index is 12.4. The Morgan fingerprint density at radius 2 is 1.54 bits per heavy atom. The molecule has 24 heavy (non-hydrogen) atoms. The van der Waals surface area contributed by atoms with Crippen LogP contribution in [-0.4, -0.2) is 5.97 Å². The monoisotopic (exact) mass is 316 g/mol. The molecule has 4 rings (SSSR count). The molecule has 2 heteroatoms. The van der Waals surface area contributed by atoms with Crippen LogP contribution in [0.15, 0.2) is 72.8 Å². The third-order valence-corrected chi connectivity index (χ3v) is 5.03. The average molecular weight is 316 g/mol. The summed E-state index contributed by atoms with van der Waals surface area (Å²) in [5, 5.41) is 2.38. The molecule has 120 valence electrons. The number of fused-ring (bicyclic) bond motifs is 1. The fourth-order valence-corrected chi connectivity index (χ4v) is 3.81. The summed E-state index contributed by atoms with van der Waals surface area (Å²) in [7, 11) is 0. The van der Waals surface area contributed by atoms with Gasteiger partial charge < -0.3 is 4.74 Å². The number of benzene rings is 3. The number of hydrogen-bond acceptors (Lipinski definition) is 2. The summed E-state index contributed by atoms with van der Waals surface area (Å²) in [5.74, 6) is -0.0850. The van der Waals surface area contributed by atoms with Crippen molar-refractivity contribution in [1.29, 1.82) is 0 Å². The van der Waals surface area contributed by atoms with Crippen LogP contribution in [0.3, 0.4) is 0 Å². The lowest BCUT2D eigenvalue weighted by Gasteiger charge is -2.21. The fourth-order valence-electron chi connectivity index (χ4n) is 3.81. The number of hydrogen-bond donors (Lipinski definition) is 0. The van der Waals surface area contributed by atoms with Crippen molar-refractivity contribution in [2.24, 2.45) is 5.92 Å². The van der Waals surface area contributed by atoms with Gasteiger partial charge in [-0.15, -0.1) is 0 Å². The molecule has 0 spiro atoms. The Labute approximate surface area is 142 Å². The van der Waals surface area contributed by atoms with Gasteiger partial charge in [-0.1, -0.05) is 73.7 Å². The maximum absolute atomic E-state index is 12.4. The first-order valence-electron chi connectivity index (χ1n) is 8.52. The highest BCUT2D eigenvalue weighted by Crippen LogP contribution is 2.47. The smallest absolute Gasteiger partial charge is 0.310 e. The zero-order valence-electron chi connectivity index (χ0n) is 13.7. The molecule has 1 aliphatic heterocycles. The molecular formula is C22H20O2. The molecule has 0 radical (unpaired) electrons. The first-order chi connectivity index (χ1) is 11.8. The first kappa shape index (κ1) is 14.9. The van der Waals surface area contributed by atoms with Crippen LogP contribution in [0.2, 0.25) is 0 Å². The summed E-state index contributed by atoms with van der Waals surface area (Å²) in [5.41, 5.74) is 2.25. The lowest BCUT2D eigenvalue weighted by molar-refractivity contribution is -0.144. The number of ether oxygens (including phenoxy) is 1. The van der Waals surface area contributed by atoms with Gasteiger partial charge in [0, 0.05) is 5.92 Å². The zero-order chi connectivity index (χ0) is 16.5. The fraction of sp³-hybridized carbons (Fsp3) is 0.227. The Bertz CT molecular complexity index is 869. The Morgan fingerprint density at radius 1 is 0.833 bits per heavy atom. The SMILES string of the molecule is CCC1C(=O)O[C@H](c2ccc3ccccc3c2)[C@H]1c1ccccc1. The van der Waals surface area contributed by atoms with Crippen LogP contribution < -0.4 is 0 Å². The van der Waals surface area contributed by atoms with Crippen molar-refractivity contribution in [2.45, 2.75) is 25.4 Å². The number of cyclic esters (lactones) is 1. The van der Waals surface area contributed by atoms with Crippen LogP contribution in [0.5, 0.6) is 0 Å². The minimum atomic E-state index is -0.213. The van der Waals surface area contributed by atoms with Crippen LogP contribution in [0.1, 0.15) is 36.5 Å². The summed E-state index contributed by atoms with van der Waals surface area (Å²) in [6, 6.07) is 24.9. The predicted molar refractivity (Wildman–Crippen MR) is 95.7 cm³/mol. The Kier molecular flexibility index (Phi) is 3.81. The molecule has 3 atom stereocenters. The largest absolute Gasteiger partial charge is 0.457 e. The molecule has 0 bridgehead atoms. The second-order valence-corrected chi connectivity index (χ2v) is 6.42. The van der Waals surface area contributed by atoms with E-state index in [1.54, 1.807) is 0 Å². The van der Waals surface area contributed by atoms with Gasteiger partial charge in [-0.3, -0.25) is 4.79 Å². The van der Waals surface area contributed by atoms with Gasteiger partial charge in [0.1, 0.15) is 6.10 Å². The molecule has 0 aromatic heterocycles. The highest BCUT2D eigenvalue weighted by atomic mass is 16.6. The third kappa shape index (κ3) is 2.48. The topological polar surface area (TPSA) is 26.3 Å². The molecule has 1 unspecified atom stereocenters. The first-order valence-corrected chi connectivity index (χ1v) is 8.52. The number of esters is 1. The number of rotatable bonds is 3. The van der Waals surface area contributed by atoms with E-state index in [4.69, 9.17) is 4.74 Å². The molecule has 0 N–H and O–H groups in total. The highest BCUT2D eigenvalue weighted by molar-refractivity contribution is 5.83. The van der Waals surface area contributed by atoms with E-state index in [0.717, 1.165) is 12.0 Å². The van der Waals surface area contributed by atoms with Crippen molar-refractivity contribution in [3.8, 4) is 0 Å². The van der Waals surface area contributed by atoms with Crippen molar-refractivity contribution in [1.82, 2.24) is 0 Å². The Hall–Kier alpha value is -2.61. The van der Waals surface area contributed by atoms with Crippen molar-refractivity contribution in [3.05, 3.63) is 83.9 Å². The molecule has 1 saturated heterocycles. The van der Waals surface area contributed by atoms with Crippen LogP contribution in [0, 0.1) is 5.92 Å². The summed E-state index contributed by atoms with van der Waals surface area (Å²) in [6.45, 7) is 2.06. The lowest BCUT2D eigenvalue weighted by Crippen LogP contribution is -2.14. The Balaban J connectivity index is 1.80. The minimum absolute atomic E-state index is 0.0739. The van der Waals surface area contributed by atoms with Crippen LogP contribution in [0.4, 0.5) is 0 Å². The van der Waals surface area contributed by atoms with Crippen LogP contribution in [0.25, 0.3) is 10.8 Å². The van der Waals surface area contributed by atoms with E-state index < -0.39 is 0 Å². The summed E-state index contributed by atoms with van der Waals surface area (Å²) < 4.78 is 5.83. The molecule has 0 saturated carbocycles. The van der Waals surface area contributed by atoms with Gasteiger partial charge >= 0.3 is 5.97 Å². The molecule has 3 aromatic rings. The van der Waals surface area contributed by atoms with Gasteiger partial charge in [0.15, 0.2) is 0 Å². The Morgan fingerprint density at radius 3 is 2.29 bits per heavy atom. The van der Waals surface area contributed by atoms with E-state index >= 15 is 0 Å². The number of carbonyl (C=O) groups is 1. The molecule has 2 nitrogen and oxygen atoms in total. The maximum Gasteiger partial charge on any atom is 0.310 e. The van der Waals surface area contributed by atoms with Gasteiger partial charge in [-0.05, 0) is 34.4 Å². The van der Waals surface area contributed by atoms with Crippen molar-refractivity contribution in [2.75, 3.05) is 0 Å². The number of carbonyl (C=O) groups excluding carboxylic acids is 1. The third-order valence-electron chi connectivity index (χ3n) is 5.03. The van der Waals surface area contributed by atoms with Gasteiger partial charge in [0.2, 0.25) is 0 Å². The average Bonchev–Trinajstić information content (AvgIpc) is 2.98. The van der Waals surface area contributed by atoms with E-state index in [2.05, 4.69) is 49.4 Å². The predicted octanol–water partition coefficient (Wildman–Crippen LogP) is 5.25. The van der Waals surface area contributed by atoms with Gasteiger partial charge in [0.25, 0.3) is 0 Å². The lowest BCUT2D eigenvalue weighted by atomic mass is 9.80. The van der Waals surface area contributed by atoms with Crippen molar-refractivity contribution >= 4 is 16.7 Å². The highest BCUT2D eigenvalue weighted by Gasteiger charge is 2.44. The molecule has 0 amide bonds. The summed E-state index contributed by atoms with van der Waals surface area (Å²) in [4.78, 5) is 12.4. The van der Waals surface area contributed by atoms with Crippen molar-refractivity contribution in [3.63, 3.8) is 0 Å². The zero-order valence-corrected chi connectivity index (χ0v) is 13.7. The van der Waals surface area contributed by atoms with E-state index in [1.807, 2.05) is 30.3 Å². The van der Waals surface area contributed by atoms with Gasteiger partial charge in [-0.25, -0.2) is 0 Å². The van der Waals surface area contributed by atoms with Gasteiger partial charge in [-0.2, -0.15) is 0 Å². The molecule has 3 aromatic carbocycles. The van der Waals surface area contributed by atoms with Crippen molar-refractivity contribution < 1.29 is 9.53 Å². The van der Waals surface area contributed by atoms with Crippen LogP contribution in [-0.2, 0) is 9.53 Å². The van der Waals surface area contributed by atoms with Gasteiger partial charge in [0.05, 0.1) is 5.92 Å². The van der Waals surface area contributed by atoms with E-state index in [-0.39, 0.29) is 23.9 Å². The quantitative estimate of drug-likeness (QED) is 0.617. The van der Waals surface area contributed by atoms with E-state index in [9.17, 15) is 4.79 Å². The van der Waals surface area contributed by atoms with E-state index in [0.29, 0.717) is 0 Å². The normalized spacial score (nSPS) is 23.4. The summed E-state index contributed by atoms with van der Waals surface area (Å²) in [6.07, 6.45) is 0.581. The minimum Gasteiger partial charge on any atom is -0.457 e.